The van der Waals surface area contributed by atoms with E-state index in [9.17, 15) is 17.6 Å². The van der Waals surface area contributed by atoms with Gasteiger partial charge in [0.2, 0.25) is 0 Å². The summed E-state index contributed by atoms with van der Waals surface area (Å²) in [5.74, 6) is -0.825. The van der Waals surface area contributed by atoms with E-state index in [2.05, 4.69) is 0 Å². The summed E-state index contributed by atoms with van der Waals surface area (Å²) in [5.41, 5.74) is -0.809. The van der Waals surface area contributed by atoms with Crippen molar-refractivity contribution >= 4 is 0 Å². The molecule has 0 aliphatic heterocycles. The number of benzene rings is 2. The molecular formula is C17H16F4. The maximum atomic E-state index is 14.1. The zero-order valence-corrected chi connectivity index (χ0v) is 12.1. The molecule has 0 nitrogen and oxygen atoms in total. The molecule has 0 N–H and O–H groups in total. The van der Waals surface area contributed by atoms with Gasteiger partial charge in [-0.3, -0.25) is 0 Å². The first-order valence-electron chi connectivity index (χ1n) is 6.57. The van der Waals surface area contributed by atoms with Gasteiger partial charge in [0.05, 0.1) is 5.56 Å². The van der Waals surface area contributed by atoms with E-state index in [1.165, 1.54) is 6.07 Å². The largest absolute Gasteiger partial charge is 0.417 e. The van der Waals surface area contributed by atoms with Crippen LogP contribution < -0.4 is 0 Å². The van der Waals surface area contributed by atoms with Gasteiger partial charge in [0.1, 0.15) is 5.82 Å². The van der Waals surface area contributed by atoms with Crippen molar-refractivity contribution in [3.8, 4) is 11.1 Å². The molecule has 0 atom stereocenters. The third-order valence-electron chi connectivity index (χ3n) is 3.31. The predicted molar refractivity (Wildman–Crippen MR) is 75.5 cm³/mol. The van der Waals surface area contributed by atoms with Crippen LogP contribution in [0.5, 0.6) is 0 Å². The van der Waals surface area contributed by atoms with E-state index < -0.39 is 23.0 Å². The molecule has 0 saturated carbocycles. The molecule has 0 bridgehead atoms. The summed E-state index contributed by atoms with van der Waals surface area (Å²) < 4.78 is 53.6. The fraction of sp³-hybridized carbons (Fsp3) is 0.294. The van der Waals surface area contributed by atoms with Gasteiger partial charge < -0.3 is 0 Å². The summed E-state index contributed by atoms with van der Waals surface area (Å²) in [7, 11) is 0. The van der Waals surface area contributed by atoms with Gasteiger partial charge in [-0.05, 0) is 34.2 Å². The fourth-order valence-corrected chi connectivity index (χ4v) is 2.24. The standard InChI is InChI=1S/C17H16F4/c1-16(2,3)14-9-12(11-7-5-4-6-8-11)13(10-15(14)18)17(19,20)21/h4-10H,1-3H3. The minimum absolute atomic E-state index is 0.00873. The van der Waals surface area contributed by atoms with E-state index in [0.29, 0.717) is 11.6 Å². The number of hydrogen-bond donors (Lipinski definition) is 0. The molecule has 0 spiro atoms. The van der Waals surface area contributed by atoms with E-state index in [0.717, 1.165) is 0 Å². The SMILES string of the molecule is CC(C)(C)c1cc(-c2ccccc2)c(C(F)(F)F)cc1F. The average Bonchev–Trinajstić information content (AvgIpc) is 2.37. The normalized spacial score (nSPS) is 12.5. The van der Waals surface area contributed by atoms with Crippen LogP contribution in [0.25, 0.3) is 11.1 Å². The Labute approximate surface area is 121 Å². The highest BCUT2D eigenvalue weighted by atomic mass is 19.4. The van der Waals surface area contributed by atoms with Crippen molar-refractivity contribution in [2.24, 2.45) is 0 Å². The highest BCUT2D eigenvalue weighted by Crippen LogP contribution is 2.40. The number of alkyl halides is 3. The highest BCUT2D eigenvalue weighted by molar-refractivity contribution is 5.69. The van der Waals surface area contributed by atoms with Gasteiger partial charge in [-0.1, -0.05) is 51.1 Å². The smallest absolute Gasteiger partial charge is 0.207 e. The summed E-state index contributed by atoms with van der Waals surface area (Å²) in [6.45, 7) is 5.31. The van der Waals surface area contributed by atoms with E-state index in [-0.39, 0.29) is 11.1 Å². The molecule has 21 heavy (non-hydrogen) atoms. The van der Waals surface area contributed by atoms with Gasteiger partial charge in [0.15, 0.2) is 0 Å². The highest BCUT2D eigenvalue weighted by Gasteiger charge is 2.35. The van der Waals surface area contributed by atoms with Gasteiger partial charge in [-0.2, -0.15) is 13.2 Å². The van der Waals surface area contributed by atoms with Crippen LogP contribution in [-0.2, 0) is 11.6 Å². The van der Waals surface area contributed by atoms with Crippen LogP contribution in [0.1, 0.15) is 31.9 Å². The molecule has 0 fully saturated rings. The Morgan fingerprint density at radius 3 is 1.86 bits per heavy atom. The predicted octanol–water partition coefficient (Wildman–Crippen LogP) is 5.81. The molecule has 0 unspecified atom stereocenters. The van der Waals surface area contributed by atoms with Crippen molar-refractivity contribution in [3.05, 3.63) is 59.4 Å². The van der Waals surface area contributed by atoms with Crippen LogP contribution in [-0.4, -0.2) is 0 Å². The van der Waals surface area contributed by atoms with Crippen LogP contribution in [0.2, 0.25) is 0 Å². The first kappa shape index (κ1) is 15.5. The molecule has 0 amide bonds. The molecule has 2 aromatic carbocycles. The third-order valence-corrected chi connectivity index (χ3v) is 3.31. The molecule has 0 aliphatic rings. The lowest BCUT2D eigenvalue weighted by molar-refractivity contribution is -0.137. The lowest BCUT2D eigenvalue weighted by Gasteiger charge is -2.23. The van der Waals surface area contributed by atoms with Gasteiger partial charge >= 0.3 is 6.18 Å². The molecule has 0 aliphatic carbocycles. The molecule has 4 heteroatoms. The molecule has 112 valence electrons. The second kappa shape index (κ2) is 5.17. The van der Waals surface area contributed by atoms with Gasteiger partial charge in [-0.15, -0.1) is 0 Å². The van der Waals surface area contributed by atoms with Crippen LogP contribution >= 0.6 is 0 Å². The Kier molecular flexibility index (Phi) is 3.83. The molecule has 0 heterocycles. The first-order chi connectivity index (χ1) is 9.60. The van der Waals surface area contributed by atoms with Gasteiger partial charge in [0.25, 0.3) is 0 Å². The minimum atomic E-state index is -4.59. The van der Waals surface area contributed by atoms with E-state index in [4.69, 9.17) is 0 Å². The minimum Gasteiger partial charge on any atom is -0.207 e. The van der Waals surface area contributed by atoms with Crippen LogP contribution in [0.4, 0.5) is 17.6 Å². The van der Waals surface area contributed by atoms with E-state index >= 15 is 0 Å². The van der Waals surface area contributed by atoms with Crippen LogP contribution in [0.3, 0.4) is 0 Å². The fourth-order valence-electron chi connectivity index (χ4n) is 2.24. The van der Waals surface area contributed by atoms with Crippen molar-refractivity contribution in [3.63, 3.8) is 0 Å². The Balaban J connectivity index is 2.76. The van der Waals surface area contributed by atoms with Crippen LogP contribution in [0, 0.1) is 5.82 Å². The summed E-state index contributed by atoms with van der Waals surface area (Å²) >= 11 is 0. The Bertz CT molecular complexity index is 634. The molecule has 0 saturated heterocycles. The van der Waals surface area contributed by atoms with Gasteiger partial charge in [-0.25, -0.2) is 4.39 Å². The monoisotopic (exact) mass is 296 g/mol. The Morgan fingerprint density at radius 2 is 1.38 bits per heavy atom. The molecular weight excluding hydrogens is 280 g/mol. The topological polar surface area (TPSA) is 0 Å². The van der Waals surface area contributed by atoms with E-state index in [1.54, 1.807) is 51.1 Å². The number of halogens is 4. The summed E-state index contributed by atoms with van der Waals surface area (Å²) in [6, 6.07) is 10.1. The number of hydrogen-bond acceptors (Lipinski definition) is 0. The van der Waals surface area contributed by atoms with Crippen molar-refractivity contribution < 1.29 is 17.6 Å². The van der Waals surface area contributed by atoms with Crippen molar-refractivity contribution in [1.29, 1.82) is 0 Å². The van der Waals surface area contributed by atoms with Crippen molar-refractivity contribution in [1.82, 2.24) is 0 Å². The Hall–Kier alpha value is -1.84. The molecule has 2 rings (SSSR count). The van der Waals surface area contributed by atoms with Crippen molar-refractivity contribution in [2.75, 3.05) is 0 Å². The summed E-state index contributed by atoms with van der Waals surface area (Å²) in [5, 5.41) is 0. The number of rotatable bonds is 1. The Morgan fingerprint density at radius 1 is 0.810 bits per heavy atom. The maximum absolute atomic E-state index is 14.1. The summed E-state index contributed by atoms with van der Waals surface area (Å²) in [6.07, 6.45) is -4.59. The quantitative estimate of drug-likeness (QED) is 0.583. The molecule has 0 radical (unpaired) electrons. The summed E-state index contributed by atoms with van der Waals surface area (Å²) in [4.78, 5) is 0. The second-order valence-corrected chi connectivity index (χ2v) is 5.99. The first-order valence-corrected chi connectivity index (χ1v) is 6.57. The van der Waals surface area contributed by atoms with E-state index in [1.807, 2.05) is 0 Å². The average molecular weight is 296 g/mol. The zero-order chi connectivity index (χ0) is 15.8. The van der Waals surface area contributed by atoms with Crippen LogP contribution in [0.15, 0.2) is 42.5 Å². The lowest BCUT2D eigenvalue weighted by Crippen LogP contribution is -2.16. The lowest BCUT2D eigenvalue weighted by atomic mass is 9.83. The second-order valence-electron chi connectivity index (χ2n) is 5.99. The zero-order valence-electron chi connectivity index (χ0n) is 12.1. The van der Waals surface area contributed by atoms with Crippen molar-refractivity contribution in [2.45, 2.75) is 32.4 Å². The molecule has 0 aromatic heterocycles. The third kappa shape index (κ3) is 3.26. The van der Waals surface area contributed by atoms with Gasteiger partial charge in [0, 0.05) is 0 Å². The molecule has 2 aromatic rings. The maximum Gasteiger partial charge on any atom is 0.417 e.